The number of nitrogens with one attached hydrogen (secondary N) is 1. The van der Waals surface area contributed by atoms with Crippen molar-refractivity contribution >= 4 is 39.9 Å². The van der Waals surface area contributed by atoms with Crippen LogP contribution in [0.5, 0.6) is 5.88 Å². The molecule has 0 saturated heterocycles. The molecule has 1 N–H and O–H groups in total. The Kier molecular flexibility index (Phi) is 15.0. The van der Waals surface area contributed by atoms with Crippen molar-refractivity contribution in [2.24, 2.45) is 0 Å². The first-order valence-electron chi connectivity index (χ1n) is 12.4. The molecule has 0 spiro atoms. The van der Waals surface area contributed by atoms with Gasteiger partial charge < -0.3 is 14.0 Å². The van der Waals surface area contributed by atoms with Gasteiger partial charge in [-0.3, -0.25) is 15.2 Å². The maximum absolute atomic E-state index is 11.0. The molecule has 0 aromatic carbocycles. The fourth-order valence-electron chi connectivity index (χ4n) is 3.60. The molecule has 202 valence electrons. The molecule has 36 heavy (non-hydrogen) atoms. The van der Waals surface area contributed by atoms with E-state index >= 15 is 0 Å². The molecule has 3 aromatic rings. The molecule has 10 nitrogen and oxygen atoms in total. The third-order valence-corrected chi connectivity index (χ3v) is 5.75. The number of aromatic nitrogens is 5. The zero-order chi connectivity index (χ0) is 27.1. The van der Waals surface area contributed by atoms with Crippen LogP contribution in [0.4, 0.5) is 5.69 Å². The minimum absolute atomic E-state index is 0.0155. The summed E-state index contributed by atoms with van der Waals surface area (Å²) in [7, 11) is 1.82. The Morgan fingerprint density at radius 3 is 2.44 bits per heavy atom. The molecule has 0 aliphatic heterocycles. The Balaban J connectivity index is 0.000000452. The standard InChI is InChI=1S/C13H12Cl2N6O3.C7H14O.2C2H6/c1-7-10(21(22)23)12(19-18-7)24-4-2-3-20-6-9(14)8-5-16-13(15)17-11(8)20;1-8-7-5-3-2-4-6-7;2*1-2/h5-6H,2-4H2,1H3,(H,18,19);7H,2-6H2,1H3;2*1-2H3. The second-order valence-electron chi connectivity index (χ2n) is 7.50. The fourth-order valence-corrected chi connectivity index (χ4v) is 3.98. The van der Waals surface area contributed by atoms with Crippen molar-refractivity contribution in [2.75, 3.05) is 13.7 Å². The number of halogens is 2. The average Bonchev–Trinajstić information content (AvgIpc) is 3.43. The number of methoxy groups -OCH3 is 1. The summed E-state index contributed by atoms with van der Waals surface area (Å²) in [5, 5.41) is 18.7. The normalized spacial score (nSPS) is 13.0. The summed E-state index contributed by atoms with van der Waals surface area (Å²) in [6.45, 7) is 10.4. The highest BCUT2D eigenvalue weighted by atomic mass is 35.5. The summed E-state index contributed by atoms with van der Waals surface area (Å²) in [4.78, 5) is 18.5. The zero-order valence-corrected chi connectivity index (χ0v) is 23.5. The highest BCUT2D eigenvalue weighted by Gasteiger charge is 2.22. The van der Waals surface area contributed by atoms with Gasteiger partial charge >= 0.3 is 11.6 Å². The lowest BCUT2D eigenvalue weighted by atomic mass is 9.98. The van der Waals surface area contributed by atoms with Gasteiger partial charge in [-0.25, -0.2) is 4.98 Å². The summed E-state index contributed by atoms with van der Waals surface area (Å²) in [5.74, 6) is -0.0155. The number of ether oxygens (including phenoxy) is 2. The third-order valence-electron chi connectivity index (χ3n) is 5.27. The van der Waals surface area contributed by atoms with Crippen molar-refractivity contribution in [3.63, 3.8) is 0 Å². The Bertz CT molecular complexity index is 1050. The Morgan fingerprint density at radius 1 is 1.19 bits per heavy atom. The van der Waals surface area contributed by atoms with Crippen LogP contribution in [-0.4, -0.2) is 49.5 Å². The quantitative estimate of drug-likeness (QED) is 0.145. The van der Waals surface area contributed by atoms with Crippen LogP contribution in [0, 0.1) is 17.0 Å². The average molecular weight is 546 g/mol. The van der Waals surface area contributed by atoms with Crippen LogP contribution in [0.25, 0.3) is 11.0 Å². The van der Waals surface area contributed by atoms with Crippen molar-refractivity contribution in [3.05, 3.63) is 38.5 Å². The molecule has 0 amide bonds. The maximum Gasteiger partial charge on any atom is 0.352 e. The van der Waals surface area contributed by atoms with Crippen LogP contribution in [-0.2, 0) is 11.3 Å². The molecular weight excluding hydrogens is 507 g/mol. The molecular formula is C24H38Cl2N6O4. The highest BCUT2D eigenvalue weighted by Crippen LogP contribution is 2.28. The molecule has 1 fully saturated rings. The van der Waals surface area contributed by atoms with E-state index < -0.39 is 4.92 Å². The monoisotopic (exact) mass is 544 g/mol. The molecule has 1 saturated carbocycles. The van der Waals surface area contributed by atoms with Gasteiger partial charge in [0.15, 0.2) is 0 Å². The first kappa shape index (κ1) is 31.6. The first-order valence-corrected chi connectivity index (χ1v) is 13.2. The number of rotatable bonds is 7. The molecule has 4 rings (SSSR count). The summed E-state index contributed by atoms with van der Waals surface area (Å²) < 4.78 is 12.4. The molecule has 0 unspecified atom stereocenters. The van der Waals surface area contributed by atoms with Crippen LogP contribution in [0.15, 0.2) is 12.4 Å². The van der Waals surface area contributed by atoms with Gasteiger partial charge in [0.05, 0.1) is 28.0 Å². The lowest BCUT2D eigenvalue weighted by Crippen LogP contribution is -2.13. The predicted molar refractivity (Wildman–Crippen MR) is 144 cm³/mol. The van der Waals surface area contributed by atoms with Gasteiger partial charge in [0.25, 0.3) is 0 Å². The van der Waals surface area contributed by atoms with Gasteiger partial charge in [-0.2, -0.15) is 4.98 Å². The van der Waals surface area contributed by atoms with E-state index in [1.165, 1.54) is 32.1 Å². The molecule has 3 heterocycles. The molecule has 1 aliphatic carbocycles. The minimum Gasteiger partial charge on any atom is -0.472 e. The molecule has 12 heteroatoms. The number of fused-ring (bicyclic) bond motifs is 1. The molecule has 0 bridgehead atoms. The van der Waals surface area contributed by atoms with Crippen molar-refractivity contribution in [1.82, 2.24) is 24.7 Å². The van der Waals surface area contributed by atoms with Crippen molar-refractivity contribution in [3.8, 4) is 5.88 Å². The summed E-state index contributed by atoms with van der Waals surface area (Å²) in [6.07, 6.45) is 11.2. The second kappa shape index (κ2) is 17.1. The van der Waals surface area contributed by atoms with Crippen LogP contribution in [0.1, 0.15) is 71.9 Å². The summed E-state index contributed by atoms with van der Waals surface area (Å²) in [6, 6.07) is 0. The summed E-state index contributed by atoms with van der Waals surface area (Å²) >= 11 is 11.9. The van der Waals surface area contributed by atoms with Gasteiger partial charge in [-0.15, -0.1) is 5.10 Å². The van der Waals surface area contributed by atoms with Crippen molar-refractivity contribution in [1.29, 1.82) is 0 Å². The zero-order valence-electron chi connectivity index (χ0n) is 22.0. The topological polar surface area (TPSA) is 121 Å². The van der Waals surface area contributed by atoms with Crippen LogP contribution in [0.3, 0.4) is 0 Å². The van der Waals surface area contributed by atoms with Gasteiger partial charge in [0.1, 0.15) is 11.3 Å². The van der Waals surface area contributed by atoms with Crippen LogP contribution < -0.4 is 4.74 Å². The molecule has 0 atom stereocenters. The van der Waals surface area contributed by atoms with Crippen LogP contribution >= 0.6 is 23.2 Å². The molecule has 3 aromatic heterocycles. The smallest absolute Gasteiger partial charge is 0.352 e. The molecule has 0 radical (unpaired) electrons. The van der Waals surface area contributed by atoms with Crippen molar-refractivity contribution < 1.29 is 14.4 Å². The van der Waals surface area contributed by atoms with Crippen molar-refractivity contribution in [2.45, 2.75) is 85.8 Å². The van der Waals surface area contributed by atoms with E-state index in [1.807, 2.05) is 39.4 Å². The number of aryl methyl sites for hydroxylation is 2. The lowest BCUT2D eigenvalue weighted by Gasteiger charge is -2.19. The molecule has 1 aliphatic rings. The highest BCUT2D eigenvalue weighted by molar-refractivity contribution is 6.35. The number of aromatic amines is 1. The van der Waals surface area contributed by atoms with E-state index in [9.17, 15) is 10.1 Å². The third kappa shape index (κ3) is 9.22. The van der Waals surface area contributed by atoms with Gasteiger partial charge in [0.2, 0.25) is 5.28 Å². The van der Waals surface area contributed by atoms with E-state index in [-0.39, 0.29) is 23.5 Å². The Morgan fingerprint density at radius 2 is 1.86 bits per heavy atom. The van der Waals surface area contributed by atoms with E-state index in [2.05, 4.69) is 20.2 Å². The Hall–Kier alpha value is -2.43. The van der Waals surface area contributed by atoms with Gasteiger partial charge in [-0.1, -0.05) is 58.6 Å². The minimum atomic E-state index is -0.522. The number of H-pyrrole nitrogens is 1. The second-order valence-corrected chi connectivity index (χ2v) is 8.25. The van der Waals surface area contributed by atoms with E-state index in [4.69, 9.17) is 32.7 Å². The number of hydrogen-bond donors (Lipinski definition) is 1. The van der Waals surface area contributed by atoms with E-state index in [1.54, 1.807) is 19.3 Å². The first-order chi connectivity index (χ1) is 17.4. The maximum atomic E-state index is 11.0. The largest absolute Gasteiger partial charge is 0.472 e. The van der Waals surface area contributed by atoms with Crippen LogP contribution in [0.2, 0.25) is 10.3 Å². The van der Waals surface area contributed by atoms with Gasteiger partial charge in [0, 0.05) is 26.0 Å². The van der Waals surface area contributed by atoms with E-state index in [0.717, 1.165) is 0 Å². The predicted octanol–water partition coefficient (Wildman–Crippen LogP) is 7.16. The SMILES string of the molecule is CC.CC.COC1CCCCC1.Cc1[nH]nc(OCCCn2cc(Cl)c3cnc(Cl)nc32)c1[N+](=O)[O-]. The number of nitro groups is 1. The lowest BCUT2D eigenvalue weighted by molar-refractivity contribution is -0.386. The number of nitrogens with zero attached hydrogens (tertiary/aromatic N) is 5. The number of hydrogen-bond acceptors (Lipinski definition) is 7. The van der Waals surface area contributed by atoms with E-state index in [0.29, 0.717) is 40.8 Å². The fraction of sp³-hybridized carbons (Fsp3) is 0.625. The Labute approximate surface area is 222 Å². The summed E-state index contributed by atoms with van der Waals surface area (Å²) in [5.41, 5.74) is 0.829. The van der Waals surface area contributed by atoms with Gasteiger partial charge in [-0.05, 0) is 37.8 Å².